The van der Waals surface area contributed by atoms with Gasteiger partial charge in [0, 0.05) is 41.5 Å². The molecular formula is C23H23F5N4O5S2. The molecule has 4 rings (SSSR count). The van der Waals surface area contributed by atoms with Gasteiger partial charge in [-0.3, -0.25) is 4.68 Å². The SMILES string of the molecule is C=COCCO.O=S(=O)(Oc1nc(-c2cc3n(n2)CCNCC3)c(C=C(F)/C=C/F)c2sccc12)C(F)(F)F. The summed E-state index contributed by atoms with van der Waals surface area (Å²) in [5, 5.41) is 17.0. The number of nitrogens with one attached hydrogen (secondary N) is 1. The van der Waals surface area contributed by atoms with Crippen LogP contribution in [-0.4, -0.2) is 60.1 Å². The number of halogens is 5. The first-order valence-electron chi connectivity index (χ1n) is 11.2. The average Bonchev–Trinajstić information content (AvgIpc) is 3.46. The van der Waals surface area contributed by atoms with E-state index in [2.05, 4.69) is 30.9 Å². The number of aromatic nitrogens is 3. The number of aliphatic hydroxyl groups is 1. The van der Waals surface area contributed by atoms with Crippen molar-refractivity contribution in [3.63, 3.8) is 0 Å². The molecule has 1 aliphatic rings. The van der Waals surface area contributed by atoms with Crippen molar-refractivity contribution < 1.29 is 44.4 Å². The Morgan fingerprint density at radius 2 is 2.10 bits per heavy atom. The molecule has 2 N–H and O–H groups in total. The van der Waals surface area contributed by atoms with E-state index in [0.717, 1.165) is 23.1 Å². The third-order valence-electron chi connectivity index (χ3n) is 5.08. The molecule has 0 fully saturated rings. The highest BCUT2D eigenvalue weighted by Gasteiger charge is 2.49. The van der Waals surface area contributed by atoms with Crippen molar-refractivity contribution in [2.45, 2.75) is 18.5 Å². The summed E-state index contributed by atoms with van der Waals surface area (Å²) in [5.74, 6) is -1.81. The van der Waals surface area contributed by atoms with Crippen LogP contribution in [0.2, 0.25) is 0 Å². The Bertz CT molecular complexity index is 1440. The van der Waals surface area contributed by atoms with Crippen molar-refractivity contribution >= 4 is 37.6 Å². The third-order valence-corrected chi connectivity index (χ3v) is 6.97. The molecule has 39 heavy (non-hydrogen) atoms. The summed E-state index contributed by atoms with van der Waals surface area (Å²) >= 11 is 0.999. The van der Waals surface area contributed by atoms with Gasteiger partial charge >= 0.3 is 15.6 Å². The van der Waals surface area contributed by atoms with Crippen molar-refractivity contribution in [2.24, 2.45) is 0 Å². The van der Waals surface area contributed by atoms with Crippen molar-refractivity contribution in [1.82, 2.24) is 20.1 Å². The number of hydrogen-bond acceptors (Lipinski definition) is 9. The molecule has 0 atom stereocenters. The summed E-state index contributed by atoms with van der Waals surface area (Å²) in [7, 11) is -6.01. The molecule has 0 aromatic carbocycles. The number of allylic oxidation sites excluding steroid dienone is 2. The number of aliphatic hydroxyl groups excluding tert-OH is 1. The minimum atomic E-state index is -6.01. The van der Waals surface area contributed by atoms with Crippen molar-refractivity contribution in [3.8, 4) is 17.3 Å². The van der Waals surface area contributed by atoms with Gasteiger partial charge in [-0.05, 0) is 23.6 Å². The first kappa shape index (κ1) is 30.2. The van der Waals surface area contributed by atoms with Crippen LogP contribution in [-0.2, 0) is 27.8 Å². The summed E-state index contributed by atoms with van der Waals surface area (Å²) < 4.78 is 99.5. The molecule has 3 aromatic heterocycles. The molecule has 0 bridgehead atoms. The molecule has 3 aromatic rings. The highest BCUT2D eigenvalue weighted by Crippen LogP contribution is 2.40. The summed E-state index contributed by atoms with van der Waals surface area (Å²) in [6.45, 7) is 5.48. The van der Waals surface area contributed by atoms with Gasteiger partial charge in [-0.2, -0.15) is 26.7 Å². The number of hydrogen-bond donors (Lipinski definition) is 2. The molecule has 0 spiro atoms. The van der Waals surface area contributed by atoms with E-state index in [4.69, 9.17) is 5.11 Å². The van der Waals surface area contributed by atoms with Crippen LogP contribution in [0.1, 0.15) is 11.3 Å². The van der Waals surface area contributed by atoms with Gasteiger partial charge in [0.2, 0.25) is 5.88 Å². The predicted molar refractivity (Wildman–Crippen MR) is 136 cm³/mol. The molecule has 0 unspecified atom stereocenters. The van der Waals surface area contributed by atoms with E-state index in [9.17, 15) is 30.4 Å². The van der Waals surface area contributed by atoms with E-state index < -0.39 is 27.3 Å². The Labute approximate surface area is 224 Å². The van der Waals surface area contributed by atoms with Crippen LogP contribution in [0.25, 0.3) is 27.6 Å². The first-order chi connectivity index (χ1) is 18.5. The Hall–Kier alpha value is -3.34. The lowest BCUT2D eigenvalue weighted by molar-refractivity contribution is -0.0500. The summed E-state index contributed by atoms with van der Waals surface area (Å²) in [4.78, 5) is 4.01. The first-order valence-corrected chi connectivity index (χ1v) is 13.5. The zero-order valence-corrected chi connectivity index (χ0v) is 21.8. The zero-order chi connectivity index (χ0) is 28.6. The molecule has 0 radical (unpaired) electrons. The average molecular weight is 595 g/mol. The summed E-state index contributed by atoms with van der Waals surface area (Å²) in [6, 6.07) is 2.93. The predicted octanol–water partition coefficient (Wildman–Crippen LogP) is 4.47. The summed E-state index contributed by atoms with van der Waals surface area (Å²) in [5.41, 5.74) is -4.70. The maximum Gasteiger partial charge on any atom is 0.534 e. The number of thiophene rings is 1. The van der Waals surface area contributed by atoms with Crippen LogP contribution in [0, 0.1) is 0 Å². The van der Waals surface area contributed by atoms with Gasteiger partial charge in [0.05, 0.1) is 31.1 Å². The van der Waals surface area contributed by atoms with E-state index in [0.29, 0.717) is 38.7 Å². The van der Waals surface area contributed by atoms with Crippen LogP contribution in [0.3, 0.4) is 0 Å². The standard InChI is InChI=1S/C19H15F5N4O3S2.C4H8O2/c20-4-1-11(21)9-14-16(15-10-12-2-5-25-6-7-28(12)27-15)26-18(13-3-8-32-17(13)14)31-33(29,30)19(22,23)24;1-2-6-4-3-5/h1,3-4,8-10,25H,2,5-7H2;2,5H,1,3-4H2/b4-1+,11-9?;. The minimum absolute atomic E-state index is 0.0102. The number of ether oxygens (including phenoxy) is 1. The fourth-order valence-corrected chi connectivity index (χ4v) is 4.77. The van der Waals surface area contributed by atoms with Gasteiger partial charge < -0.3 is 19.3 Å². The van der Waals surface area contributed by atoms with E-state index >= 15 is 0 Å². The van der Waals surface area contributed by atoms with Crippen LogP contribution in [0.5, 0.6) is 5.88 Å². The number of rotatable bonds is 8. The van der Waals surface area contributed by atoms with E-state index in [1.807, 2.05) is 0 Å². The highest BCUT2D eigenvalue weighted by atomic mass is 32.2. The molecule has 4 heterocycles. The van der Waals surface area contributed by atoms with Gasteiger partial charge in [-0.1, -0.05) is 6.58 Å². The van der Waals surface area contributed by atoms with Gasteiger partial charge in [0.15, 0.2) is 0 Å². The molecular weight excluding hydrogens is 571 g/mol. The number of nitrogens with zero attached hydrogens (tertiary/aromatic N) is 3. The molecule has 0 saturated carbocycles. The quantitative estimate of drug-likeness (QED) is 0.0981. The van der Waals surface area contributed by atoms with Gasteiger partial charge in [0.1, 0.15) is 23.8 Å². The molecule has 212 valence electrons. The van der Waals surface area contributed by atoms with Crippen molar-refractivity contribution in [1.29, 1.82) is 0 Å². The minimum Gasteiger partial charge on any atom is -0.499 e. The number of alkyl halides is 3. The largest absolute Gasteiger partial charge is 0.534 e. The monoisotopic (exact) mass is 594 g/mol. The van der Waals surface area contributed by atoms with E-state index in [1.165, 1.54) is 17.7 Å². The second-order valence-corrected chi connectivity index (χ2v) is 10.1. The normalized spacial score (nSPS) is 14.5. The lowest BCUT2D eigenvalue weighted by Crippen LogP contribution is -2.28. The fourth-order valence-electron chi connectivity index (χ4n) is 3.43. The topological polar surface area (TPSA) is 116 Å². The molecule has 1 aliphatic heterocycles. The Balaban J connectivity index is 0.000000631. The van der Waals surface area contributed by atoms with Crippen molar-refractivity contribution in [2.75, 3.05) is 26.3 Å². The van der Waals surface area contributed by atoms with Crippen LogP contribution >= 0.6 is 11.3 Å². The van der Waals surface area contributed by atoms with E-state index in [1.54, 1.807) is 10.7 Å². The Morgan fingerprint density at radius 1 is 1.33 bits per heavy atom. The third kappa shape index (κ3) is 7.40. The molecule has 9 nitrogen and oxygen atoms in total. The van der Waals surface area contributed by atoms with Gasteiger partial charge in [0.25, 0.3) is 0 Å². The Morgan fingerprint density at radius 3 is 2.74 bits per heavy atom. The Kier molecular flexibility index (Phi) is 10.2. The van der Waals surface area contributed by atoms with Gasteiger partial charge in [-0.15, -0.1) is 11.3 Å². The fraction of sp³-hybridized carbons (Fsp3) is 0.304. The molecule has 0 aliphatic carbocycles. The summed E-state index contributed by atoms with van der Waals surface area (Å²) in [6.07, 6.45) is 3.39. The lowest BCUT2D eigenvalue weighted by atomic mass is 10.1. The number of fused-ring (bicyclic) bond motifs is 2. The molecule has 0 saturated heterocycles. The van der Waals surface area contributed by atoms with Gasteiger partial charge in [-0.25, -0.2) is 13.8 Å². The van der Waals surface area contributed by atoms with Crippen LogP contribution in [0.4, 0.5) is 22.0 Å². The second-order valence-electron chi connectivity index (χ2n) is 7.65. The zero-order valence-electron chi connectivity index (χ0n) is 20.1. The number of pyridine rings is 1. The lowest BCUT2D eigenvalue weighted by Gasteiger charge is -2.12. The molecule has 0 amide bonds. The van der Waals surface area contributed by atoms with Crippen molar-refractivity contribution in [3.05, 3.63) is 59.8 Å². The van der Waals surface area contributed by atoms with Crippen LogP contribution in [0.15, 0.2) is 48.6 Å². The highest BCUT2D eigenvalue weighted by molar-refractivity contribution is 7.88. The molecule has 16 heteroatoms. The maximum atomic E-state index is 14.2. The van der Waals surface area contributed by atoms with Crippen LogP contribution < -0.4 is 9.50 Å². The van der Waals surface area contributed by atoms with E-state index in [-0.39, 0.29) is 40.0 Å². The second kappa shape index (κ2) is 13.1. The smallest absolute Gasteiger partial charge is 0.499 e. The maximum absolute atomic E-state index is 14.2.